The van der Waals surface area contributed by atoms with E-state index in [1.807, 2.05) is 60.8 Å². The zero-order chi connectivity index (χ0) is 35.3. The van der Waals surface area contributed by atoms with Gasteiger partial charge in [0.15, 0.2) is 0 Å². The zero-order valence-electron chi connectivity index (χ0n) is 28.5. The van der Waals surface area contributed by atoms with Gasteiger partial charge < -0.3 is 9.52 Å². The summed E-state index contributed by atoms with van der Waals surface area (Å²) in [4.78, 5) is 10.4. The van der Waals surface area contributed by atoms with Crippen LogP contribution in [0.3, 0.4) is 0 Å². The van der Waals surface area contributed by atoms with Gasteiger partial charge in [0.2, 0.25) is 0 Å². The van der Waals surface area contributed by atoms with Crippen molar-refractivity contribution >= 4 is 33.0 Å². The summed E-state index contributed by atoms with van der Waals surface area (Å²) < 4.78 is 8.46. The number of imidazole rings is 1. The van der Waals surface area contributed by atoms with Crippen LogP contribution in [0.1, 0.15) is 0 Å². The highest BCUT2D eigenvalue weighted by atomic mass is 16.3. The summed E-state index contributed by atoms with van der Waals surface area (Å²) in [6.07, 6.45) is 1.82. The fourth-order valence-electron chi connectivity index (χ4n) is 7.56. The lowest BCUT2D eigenvalue weighted by Gasteiger charge is -2.15. The topological polar surface area (TPSA) is 64.1 Å². The minimum Gasteiger partial charge on any atom is -0.507 e. The number of hydrogen-bond donors (Lipinski definition) is 1. The number of furan rings is 1. The third-order valence-corrected chi connectivity index (χ3v) is 9.97. The largest absolute Gasteiger partial charge is 0.507 e. The maximum atomic E-state index is 11.2. The number of pyridine rings is 1. The average molecular weight is 682 g/mol. The highest BCUT2D eigenvalue weighted by Gasteiger charge is 2.22. The molecule has 3 heterocycles. The Balaban J connectivity index is 1.26. The predicted octanol–water partition coefficient (Wildman–Crippen LogP) is 12.4. The summed E-state index contributed by atoms with van der Waals surface area (Å²) in [6, 6.07) is 59.6. The Labute approximate surface area is 305 Å². The van der Waals surface area contributed by atoms with E-state index in [4.69, 9.17) is 14.4 Å². The molecule has 0 aliphatic rings. The van der Waals surface area contributed by atoms with E-state index in [2.05, 4.69) is 120 Å². The van der Waals surface area contributed by atoms with E-state index in [-0.39, 0.29) is 5.75 Å². The van der Waals surface area contributed by atoms with E-state index in [1.54, 1.807) is 6.07 Å². The van der Waals surface area contributed by atoms with Crippen LogP contribution >= 0.6 is 0 Å². The minimum atomic E-state index is 0.169. The summed E-state index contributed by atoms with van der Waals surface area (Å²) in [5.41, 5.74) is 13.1. The Morgan fingerprint density at radius 3 is 1.98 bits per heavy atom. The maximum Gasteiger partial charge on any atom is 0.149 e. The van der Waals surface area contributed by atoms with Crippen LogP contribution < -0.4 is 0 Å². The molecule has 0 saturated heterocycles. The van der Waals surface area contributed by atoms with E-state index in [1.165, 1.54) is 0 Å². The third-order valence-electron chi connectivity index (χ3n) is 9.97. The number of aromatic hydroxyl groups is 1. The molecule has 3 aromatic heterocycles. The van der Waals surface area contributed by atoms with E-state index < -0.39 is 0 Å². The first-order valence-electron chi connectivity index (χ1n) is 17.6. The van der Waals surface area contributed by atoms with Gasteiger partial charge in [-0.25, -0.2) is 4.98 Å². The number of aromatic nitrogens is 3. The van der Waals surface area contributed by atoms with E-state index in [9.17, 15) is 5.11 Å². The molecule has 5 nitrogen and oxygen atoms in total. The first-order chi connectivity index (χ1) is 26.2. The van der Waals surface area contributed by atoms with Gasteiger partial charge >= 0.3 is 0 Å². The number of rotatable bonds is 6. The number of nitrogens with zero attached hydrogens (tertiary/aromatic N) is 3. The molecule has 7 aromatic carbocycles. The van der Waals surface area contributed by atoms with Crippen LogP contribution in [-0.2, 0) is 0 Å². The van der Waals surface area contributed by atoms with Crippen molar-refractivity contribution in [1.82, 2.24) is 14.5 Å². The van der Waals surface area contributed by atoms with Crippen molar-refractivity contribution in [3.63, 3.8) is 0 Å². The lowest BCUT2D eigenvalue weighted by Crippen LogP contribution is -2.00. The molecule has 250 valence electrons. The SMILES string of the molecule is Oc1ccccc1-c1nc2c(-c3cc(-c4ccccc4)cc(-c4nccc5oc6ccccc6c45)c3)cccc2n1-c1ccccc1-c1ccccc1. The number of phenols is 1. The molecule has 10 aromatic rings. The number of para-hydroxylation sites is 4. The molecular weight excluding hydrogens is 651 g/mol. The Bertz CT molecular complexity index is 2960. The van der Waals surface area contributed by atoms with Crippen LogP contribution in [0.25, 0.3) is 94.7 Å². The summed E-state index contributed by atoms with van der Waals surface area (Å²) in [6.45, 7) is 0. The molecule has 1 N–H and O–H groups in total. The van der Waals surface area contributed by atoms with E-state index >= 15 is 0 Å². The predicted molar refractivity (Wildman–Crippen MR) is 215 cm³/mol. The van der Waals surface area contributed by atoms with Gasteiger partial charge in [-0.15, -0.1) is 0 Å². The minimum absolute atomic E-state index is 0.169. The summed E-state index contributed by atoms with van der Waals surface area (Å²) in [5.74, 6) is 0.826. The van der Waals surface area contributed by atoms with Crippen molar-refractivity contribution in [2.45, 2.75) is 0 Å². The lowest BCUT2D eigenvalue weighted by molar-refractivity contribution is 0.477. The zero-order valence-corrected chi connectivity index (χ0v) is 28.5. The molecule has 0 bridgehead atoms. The fourth-order valence-corrected chi connectivity index (χ4v) is 7.56. The van der Waals surface area contributed by atoms with Gasteiger partial charge in [0, 0.05) is 28.3 Å². The first-order valence-corrected chi connectivity index (χ1v) is 17.6. The Morgan fingerprint density at radius 2 is 1.15 bits per heavy atom. The van der Waals surface area contributed by atoms with Gasteiger partial charge in [-0.05, 0) is 76.9 Å². The van der Waals surface area contributed by atoms with Crippen LogP contribution in [0.5, 0.6) is 5.75 Å². The van der Waals surface area contributed by atoms with Crippen LogP contribution in [-0.4, -0.2) is 19.6 Å². The lowest BCUT2D eigenvalue weighted by atomic mass is 9.93. The Morgan fingerprint density at radius 1 is 0.491 bits per heavy atom. The number of hydrogen-bond acceptors (Lipinski definition) is 4. The van der Waals surface area contributed by atoms with Gasteiger partial charge in [-0.2, -0.15) is 0 Å². The third kappa shape index (κ3) is 5.17. The van der Waals surface area contributed by atoms with Crippen LogP contribution in [0.15, 0.2) is 187 Å². The van der Waals surface area contributed by atoms with Gasteiger partial charge in [0.1, 0.15) is 22.7 Å². The normalized spacial score (nSPS) is 11.5. The second-order valence-electron chi connectivity index (χ2n) is 13.1. The molecule has 53 heavy (non-hydrogen) atoms. The van der Waals surface area contributed by atoms with Crippen molar-refractivity contribution in [2.75, 3.05) is 0 Å². The van der Waals surface area contributed by atoms with Gasteiger partial charge in [0.05, 0.1) is 33.4 Å². The summed E-state index contributed by atoms with van der Waals surface area (Å²) in [5, 5.41) is 13.3. The first kappa shape index (κ1) is 30.6. The Hall–Kier alpha value is -7.24. The van der Waals surface area contributed by atoms with Crippen molar-refractivity contribution in [2.24, 2.45) is 0 Å². The van der Waals surface area contributed by atoms with E-state index in [0.717, 1.165) is 83.3 Å². The molecule has 0 atom stereocenters. The number of benzene rings is 7. The fraction of sp³-hybridized carbons (Fsp3) is 0. The number of fused-ring (bicyclic) bond motifs is 4. The van der Waals surface area contributed by atoms with Crippen molar-refractivity contribution in [1.29, 1.82) is 0 Å². The molecule has 0 unspecified atom stereocenters. The standard InChI is InChI=1S/C48H31N3O2/c52-42-24-11-8-19-38(42)48-50-47-37(21-13-23-41(47)51(48)40-22-10-7-18-36(40)32-16-5-2-6-17-32)34-28-33(31-14-3-1-4-15-31)29-35(30-34)46-45-39-20-9-12-25-43(39)53-44(45)26-27-49-46/h1-30,52H. The summed E-state index contributed by atoms with van der Waals surface area (Å²) >= 11 is 0. The molecule has 10 rings (SSSR count). The molecular formula is C48H31N3O2. The highest BCUT2D eigenvalue weighted by Crippen LogP contribution is 2.42. The molecule has 0 aliphatic heterocycles. The quantitative estimate of drug-likeness (QED) is 0.190. The number of phenolic OH excluding ortho intramolecular Hbond substituents is 1. The van der Waals surface area contributed by atoms with E-state index in [0.29, 0.717) is 11.4 Å². The second kappa shape index (κ2) is 12.5. The molecule has 0 radical (unpaired) electrons. The molecule has 0 spiro atoms. The smallest absolute Gasteiger partial charge is 0.149 e. The monoisotopic (exact) mass is 681 g/mol. The maximum absolute atomic E-state index is 11.2. The van der Waals surface area contributed by atoms with Crippen LogP contribution in [0.2, 0.25) is 0 Å². The van der Waals surface area contributed by atoms with Gasteiger partial charge in [-0.1, -0.05) is 121 Å². The highest BCUT2D eigenvalue weighted by molar-refractivity contribution is 6.12. The van der Waals surface area contributed by atoms with Crippen molar-refractivity contribution < 1.29 is 9.52 Å². The second-order valence-corrected chi connectivity index (χ2v) is 13.1. The average Bonchev–Trinajstić information content (AvgIpc) is 3.80. The molecule has 0 aliphatic carbocycles. The molecule has 0 saturated carbocycles. The molecule has 0 fully saturated rings. The van der Waals surface area contributed by atoms with Gasteiger partial charge in [0.25, 0.3) is 0 Å². The summed E-state index contributed by atoms with van der Waals surface area (Å²) in [7, 11) is 0. The van der Waals surface area contributed by atoms with Crippen LogP contribution in [0.4, 0.5) is 0 Å². The van der Waals surface area contributed by atoms with Crippen LogP contribution in [0, 0.1) is 0 Å². The van der Waals surface area contributed by atoms with Crippen molar-refractivity contribution in [3.05, 3.63) is 182 Å². The molecule has 5 heteroatoms. The Kier molecular flexibility index (Phi) is 7.22. The van der Waals surface area contributed by atoms with Crippen molar-refractivity contribution in [3.8, 4) is 67.5 Å². The van der Waals surface area contributed by atoms with Gasteiger partial charge in [-0.3, -0.25) is 9.55 Å². The molecule has 0 amide bonds.